The van der Waals surface area contributed by atoms with Gasteiger partial charge in [0.2, 0.25) is 13.1 Å². The first-order valence-corrected chi connectivity index (χ1v) is 8.43. The summed E-state index contributed by atoms with van der Waals surface area (Å²) in [6.45, 7) is 1.71. The number of nitro groups is 2. The van der Waals surface area contributed by atoms with Gasteiger partial charge < -0.3 is 4.57 Å². The summed E-state index contributed by atoms with van der Waals surface area (Å²) < 4.78 is 2.08. The second-order valence-electron chi connectivity index (χ2n) is 6.12. The second kappa shape index (κ2) is 7.35. The van der Waals surface area contributed by atoms with Crippen LogP contribution >= 0.6 is 0 Å². The molecule has 26 heavy (non-hydrogen) atoms. The van der Waals surface area contributed by atoms with E-state index in [0.717, 1.165) is 22.2 Å². The number of rotatable bonds is 7. The molecule has 0 fully saturated rings. The average molecular weight is 353 g/mol. The molecule has 0 aliphatic carbocycles. The molecule has 0 radical (unpaired) electrons. The molecule has 0 atom stereocenters. The standard InChI is InChI=1S/C19H19N3O4/c1-2-20-17-11-7-6-10-16(17)18(15(12-21(23)24)13-22(25)26)19(20)14-8-4-3-5-9-14/h3-11,15H,2,12-13H2,1H3. The lowest BCUT2D eigenvalue weighted by Gasteiger charge is -2.14. The largest absolute Gasteiger partial charge is 0.341 e. The summed E-state index contributed by atoms with van der Waals surface area (Å²) in [5.41, 5.74) is 3.34. The van der Waals surface area contributed by atoms with Gasteiger partial charge in [0.25, 0.3) is 0 Å². The maximum Gasteiger partial charge on any atom is 0.217 e. The molecule has 0 bridgehead atoms. The Morgan fingerprint density at radius 3 is 2.08 bits per heavy atom. The normalized spacial score (nSPS) is 11.2. The van der Waals surface area contributed by atoms with Crippen molar-refractivity contribution in [2.45, 2.75) is 19.4 Å². The Balaban J connectivity index is 2.34. The fraction of sp³-hybridized carbons (Fsp3) is 0.263. The highest BCUT2D eigenvalue weighted by atomic mass is 16.6. The third-order valence-electron chi connectivity index (χ3n) is 4.52. The Hall–Kier alpha value is -3.22. The van der Waals surface area contributed by atoms with Gasteiger partial charge in [0.05, 0.1) is 5.69 Å². The van der Waals surface area contributed by atoms with Gasteiger partial charge in [0, 0.05) is 32.9 Å². The molecule has 3 aromatic rings. The van der Waals surface area contributed by atoms with Crippen LogP contribution in [0.5, 0.6) is 0 Å². The molecule has 134 valence electrons. The molecule has 0 spiro atoms. The summed E-state index contributed by atoms with van der Waals surface area (Å²) in [6, 6.07) is 17.1. The number of nitrogens with zero attached hydrogens (tertiary/aromatic N) is 3. The third-order valence-corrected chi connectivity index (χ3v) is 4.52. The van der Waals surface area contributed by atoms with Gasteiger partial charge in [0.1, 0.15) is 5.92 Å². The lowest BCUT2D eigenvalue weighted by Crippen LogP contribution is -2.21. The van der Waals surface area contributed by atoms with Crippen LogP contribution in [0.4, 0.5) is 0 Å². The van der Waals surface area contributed by atoms with Crippen LogP contribution in [0.3, 0.4) is 0 Å². The van der Waals surface area contributed by atoms with Crippen LogP contribution in [-0.2, 0) is 6.54 Å². The maximum absolute atomic E-state index is 11.2. The van der Waals surface area contributed by atoms with E-state index in [1.807, 2.05) is 61.5 Å². The molecular weight excluding hydrogens is 334 g/mol. The summed E-state index contributed by atoms with van der Waals surface area (Å²) in [7, 11) is 0. The number of hydrogen-bond acceptors (Lipinski definition) is 4. The molecular formula is C19H19N3O4. The fourth-order valence-corrected chi connectivity index (χ4v) is 3.58. The Labute approximate surface area is 150 Å². The molecule has 3 rings (SSSR count). The number of benzene rings is 2. The Morgan fingerprint density at radius 1 is 0.923 bits per heavy atom. The zero-order valence-corrected chi connectivity index (χ0v) is 14.4. The Kier molecular flexibility index (Phi) is 4.97. The number of para-hydroxylation sites is 1. The molecule has 0 saturated carbocycles. The van der Waals surface area contributed by atoms with Crippen LogP contribution in [0.2, 0.25) is 0 Å². The van der Waals surface area contributed by atoms with Crippen LogP contribution in [0, 0.1) is 20.2 Å². The van der Waals surface area contributed by atoms with Crippen molar-refractivity contribution >= 4 is 10.9 Å². The van der Waals surface area contributed by atoms with Gasteiger partial charge in [0.15, 0.2) is 0 Å². The van der Waals surface area contributed by atoms with Crippen LogP contribution in [-0.4, -0.2) is 27.5 Å². The SMILES string of the molecule is CCn1c(-c2ccccc2)c(C(C[N+](=O)[O-])C[N+](=O)[O-])c2ccccc21. The molecule has 1 heterocycles. The van der Waals surface area contributed by atoms with Crippen LogP contribution in [0.1, 0.15) is 18.4 Å². The molecule has 0 N–H and O–H groups in total. The first kappa shape index (κ1) is 17.6. The predicted octanol–water partition coefficient (Wildman–Crippen LogP) is 3.97. The van der Waals surface area contributed by atoms with Gasteiger partial charge in [-0.25, -0.2) is 0 Å². The van der Waals surface area contributed by atoms with Crippen molar-refractivity contribution in [3.05, 3.63) is 80.4 Å². The van der Waals surface area contributed by atoms with Crippen molar-refractivity contribution in [1.29, 1.82) is 0 Å². The predicted molar refractivity (Wildman–Crippen MR) is 99.5 cm³/mol. The topological polar surface area (TPSA) is 91.2 Å². The summed E-state index contributed by atoms with van der Waals surface area (Å²) in [5, 5.41) is 23.2. The van der Waals surface area contributed by atoms with Crippen molar-refractivity contribution in [2.24, 2.45) is 0 Å². The highest BCUT2D eigenvalue weighted by Crippen LogP contribution is 2.38. The van der Waals surface area contributed by atoms with Crippen molar-refractivity contribution in [2.75, 3.05) is 13.1 Å². The summed E-state index contributed by atoms with van der Waals surface area (Å²) in [5.74, 6) is -0.798. The molecule has 0 aliphatic heterocycles. The monoisotopic (exact) mass is 353 g/mol. The van der Waals surface area contributed by atoms with Crippen LogP contribution < -0.4 is 0 Å². The zero-order valence-electron chi connectivity index (χ0n) is 14.4. The van der Waals surface area contributed by atoms with E-state index in [0.29, 0.717) is 12.1 Å². The molecule has 0 saturated heterocycles. The minimum atomic E-state index is -0.798. The number of aryl methyl sites for hydroxylation is 1. The maximum atomic E-state index is 11.2. The summed E-state index contributed by atoms with van der Waals surface area (Å²) >= 11 is 0. The van der Waals surface area contributed by atoms with Gasteiger partial charge in [-0.2, -0.15) is 0 Å². The molecule has 7 nitrogen and oxygen atoms in total. The Morgan fingerprint density at radius 2 is 1.50 bits per heavy atom. The Bertz CT molecular complexity index is 934. The molecule has 0 amide bonds. The smallest absolute Gasteiger partial charge is 0.217 e. The van der Waals surface area contributed by atoms with Gasteiger partial charge in [-0.3, -0.25) is 20.2 Å². The van der Waals surface area contributed by atoms with E-state index in [4.69, 9.17) is 0 Å². The zero-order chi connectivity index (χ0) is 18.7. The minimum absolute atomic E-state index is 0.471. The lowest BCUT2D eigenvalue weighted by atomic mass is 9.93. The highest BCUT2D eigenvalue weighted by Gasteiger charge is 2.31. The van der Waals surface area contributed by atoms with E-state index in [1.165, 1.54) is 0 Å². The van der Waals surface area contributed by atoms with Crippen LogP contribution in [0.15, 0.2) is 54.6 Å². The van der Waals surface area contributed by atoms with Gasteiger partial charge in [-0.15, -0.1) is 0 Å². The van der Waals surface area contributed by atoms with E-state index >= 15 is 0 Å². The van der Waals surface area contributed by atoms with Crippen molar-refractivity contribution in [3.63, 3.8) is 0 Å². The quantitative estimate of drug-likeness (QED) is 0.475. The molecule has 7 heteroatoms. The van der Waals surface area contributed by atoms with Crippen molar-refractivity contribution in [3.8, 4) is 11.3 Å². The molecule has 2 aromatic carbocycles. The molecule has 0 unspecified atom stereocenters. The van der Waals surface area contributed by atoms with E-state index in [9.17, 15) is 20.2 Å². The van der Waals surface area contributed by atoms with Crippen molar-refractivity contribution in [1.82, 2.24) is 4.57 Å². The number of hydrogen-bond donors (Lipinski definition) is 0. The molecule has 0 aliphatic rings. The number of fused-ring (bicyclic) bond motifs is 1. The van der Waals surface area contributed by atoms with E-state index < -0.39 is 28.9 Å². The average Bonchev–Trinajstić information content (AvgIpc) is 2.95. The van der Waals surface area contributed by atoms with Gasteiger partial charge >= 0.3 is 0 Å². The van der Waals surface area contributed by atoms with E-state index in [2.05, 4.69) is 4.57 Å². The first-order valence-electron chi connectivity index (χ1n) is 8.43. The second-order valence-corrected chi connectivity index (χ2v) is 6.12. The molecule has 1 aromatic heterocycles. The summed E-state index contributed by atoms with van der Waals surface area (Å²) in [6.07, 6.45) is 0. The van der Waals surface area contributed by atoms with Crippen LogP contribution in [0.25, 0.3) is 22.2 Å². The number of aromatic nitrogens is 1. The summed E-state index contributed by atoms with van der Waals surface area (Å²) in [4.78, 5) is 21.5. The van der Waals surface area contributed by atoms with Gasteiger partial charge in [-0.1, -0.05) is 48.5 Å². The third kappa shape index (κ3) is 3.28. The first-order chi connectivity index (χ1) is 12.5. The minimum Gasteiger partial charge on any atom is -0.341 e. The van der Waals surface area contributed by atoms with E-state index in [1.54, 1.807) is 0 Å². The van der Waals surface area contributed by atoms with E-state index in [-0.39, 0.29) is 0 Å². The van der Waals surface area contributed by atoms with Crippen molar-refractivity contribution < 1.29 is 9.85 Å². The lowest BCUT2D eigenvalue weighted by molar-refractivity contribution is -0.516. The fourth-order valence-electron chi connectivity index (χ4n) is 3.58. The van der Waals surface area contributed by atoms with Gasteiger partial charge in [-0.05, 0) is 18.6 Å². The highest BCUT2D eigenvalue weighted by molar-refractivity contribution is 5.92.